The van der Waals surface area contributed by atoms with Gasteiger partial charge in [-0.3, -0.25) is 0 Å². The summed E-state index contributed by atoms with van der Waals surface area (Å²) >= 11 is 5.95. The molecule has 0 aromatic heterocycles. The third-order valence-corrected chi connectivity index (χ3v) is 3.04. The monoisotopic (exact) mass is 264 g/mol. The van der Waals surface area contributed by atoms with E-state index in [4.69, 9.17) is 11.6 Å². The topological polar surface area (TPSA) is 20.2 Å². The summed E-state index contributed by atoms with van der Waals surface area (Å²) in [4.78, 5) is 0. The molecule has 94 valence electrons. The van der Waals surface area contributed by atoms with Gasteiger partial charge in [0.1, 0.15) is 11.9 Å². The zero-order chi connectivity index (χ0) is 13.3. The van der Waals surface area contributed by atoms with Crippen LogP contribution < -0.4 is 0 Å². The Hall–Kier alpha value is -1.38. The maximum atomic E-state index is 13.7. The minimum Gasteiger partial charge on any atom is -0.384 e. The third kappa shape index (κ3) is 2.71. The van der Waals surface area contributed by atoms with E-state index in [1.54, 1.807) is 30.3 Å². The van der Waals surface area contributed by atoms with Crippen LogP contribution in [0.5, 0.6) is 0 Å². The van der Waals surface area contributed by atoms with Crippen LogP contribution in [0.15, 0.2) is 36.4 Å². The maximum absolute atomic E-state index is 13.7. The first-order valence-electron chi connectivity index (χ1n) is 5.68. The van der Waals surface area contributed by atoms with Gasteiger partial charge in [-0.2, -0.15) is 0 Å². The number of aliphatic hydroxyl groups is 1. The molecule has 0 amide bonds. The predicted molar refractivity (Wildman–Crippen MR) is 71.4 cm³/mol. The first kappa shape index (κ1) is 13.1. The Morgan fingerprint density at radius 3 is 2.44 bits per heavy atom. The molecular weight excluding hydrogens is 251 g/mol. The lowest BCUT2D eigenvalue weighted by Crippen LogP contribution is -2.03. The van der Waals surface area contributed by atoms with Crippen LogP contribution in [0, 0.1) is 19.7 Å². The molecule has 1 N–H and O–H groups in total. The molecule has 2 aromatic carbocycles. The van der Waals surface area contributed by atoms with Gasteiger partial charge in [0, 0.05) is 10.6 Å². The lowest BCUT2D eigenvalue weighted by Gasteiger charge is -2.14. The summed E-state index contributed by atoms with van der Waals surface area (Å²) in [6.07, 6.45) is -0.998. The van der Waals surface area contributed by atoms with Crippen molar-refractivity contribution < 1.29 is 9.50 Å². The number of hydrogen-bond acceptors (Lipinski definition) is 1. The smallest absolute Gasteiger partial charge is 0.129 e. The van der Waals surface area contributed by atoms with E-state index in [0.29, 0.717) is 10.6 Å². The molecule has 0 fully saturated rings. The van der Waals surface area contributed by atoms with Crippen LogP contribution in [-0.4, -0.2) is 5.11 Å². The normalized spacial score (nSPS) is 12.5. The van der Waals surface area contributed by atoms with Crippen molar-refractivity contribution in [1.82, 2.24) is 0 Å². The lowest BCUT2D eigenvalue weighted by atomic mass is 9.98. The van der Waals surface area contributed by atoms with Crippen molar-refractivity contribution in [2.24, 2.45) is 0 Å². The fourth-order valence-electron chi connectivity index (χ4n) is 1.97. The lowest BCUT2D eigenvalue weighted by molar-refractivity contribution is 0.215. The highest BCUT2D eigenvalue weighted by molar-refractivity contribution is 6.30. The second-order valence-electron chi connectivity index (χ2n) is 4.49. The molecule has 1 atom stereocenters. The van der Waals surface area contributed by atoms with Crippen LogP contribution in [0.4, 0.5) is 4.39 Å². The molecule has 0 heterocycles. The van der Waals surface area contributed by atoms with Gasteiger partial charge in [-0.05, 0) is 43.2 Å². The predicted octanol–water partition coefficient (Wildman–Crippen LogP) is 4.18. The standard InChI is InChI=1S/C15H14ClFO/c1-9-3-4-14(17)13(7-9)15(18)11-5-10(2)6-12(16)8-11/h3-8,15,18H,1-2H3. The Morgan fingerprint density at radius 2 is 1.78 bits per heavy atom. The Bertz CT molecular complexity index is 560. The van der Waals surface area contributed by atoms with E-state index in [-0.39, 0.29) is 5.56 Å². The van der Waals surface area contributed by atoms with Gasteiger partial charge in [0.05, 0.1) is 0 Å². The SMILES string of the molecule is Cc1cc(Cl)cc(C(O)c2cc(C)ccc2F)c1. The van der Waals surface area contributed by atoms with E-state index < -0.39 is 11.9 Å². The van der Waals surface area contributed by atoms with Crippen LogP contribution in [-0.2, 0) is 0 Å². The van der Waals surface area contributed by atoms with Crippen molar-refractivity contribution in [2.45, 2.75) is 20.0 Å². The van der Waals surface area contributed by atoms with Gasteiger partial charge in [-0.25, -0.2) is 4.39 Å². The van der Waals surface area contributed by atoms with Gasteiger partial charge < -0.3 is 5.11 Å². The van der Waals surface area contributed by atoms with Crippen molar-refractivity contribution in [1.29, 1.82) is 0 Å². The van der Waals surface area contributed by atoms with Crippen LogP contribution in [0.3, 0.4) is 0 Å². The fraction of sp³-hybridized carbons (Fsp3) is 0.200. The minimum absolute atomic E-state index is 0.275. The molecule has 2 rings (SSSR count). The van der Waals surface area contributed by atoms with E-state index in [1.165, 1.54) is 6.07 Å². The van der Waals surface area contributed by atoms with E-state index >= 15 is 0 Å². The van der Waals surface area contributed by atoms with Gasteiger partial charge in [-0.1, -0.05) is 35.4 Å². The summed E-state index contributed by atoms with van der Waals surface area (Å²) in [6.45, 7) is 3.74. The van der Waals surface area contributed by atoms with Gasteiger partial charge >= 0.3 is 0 Å². The molecule has 2 aromatic rings. The molecule has 0 bridgehead atoms. The van der Waals surface area contributed by atoms with Crippen LogP contribution >= 0.6 is 11.6 Å². The van der Waals surface area contributed by atoms with E-state index in [0.717, 1.165) is 11.1 Å². The van der Waals surface area contributed by atoms with Gasteiger partial charge in [0.2, 0.25) is 0 Å². The first-order valence-corrected chi connectivity index (χ1v) is 6.06. The second kappa shape index (κ2) is 5.09. The highest BCUT2D eigenvalue weighted by atomic mass is 35.5. The van der Waals surface area contributed by atoms with Crippen molar-refractivity contribution >= 4 is 11.6 Å². The Balaban J connectivity index is 2.47. The first-order chi connectivity index (χ1) is 8.47. The number of aliphatic hydroxyl groups excluding tert-OH is 1. The molecule has 3 heteroatoms. The number of halogens is 2. The molecule has 0 saturated heterocycles. The highest BCUT2D eigenvalue weighted by Gasteiger charge is 2.15. The zero-order valence-electron chi connectivity index (χ0n) is 10.2. The summed E-state index contributed by atoms with van der Waals surface area (Å²) in [5, 5.41) is 10.8. The molecule has 1 nitrogen and oxygen atoms in total. The van der Waals surface area contributed by atoms with E-state index in [9.17, 15) is 9.50 Å². The molecule has 18 heavy (non-hydrogen) atoms. The third-order valence-electron chi connectivity index (χ3n) is 2.83. The summed E-state index contributed by atoms with van der Waals surface area (Å²) in [7, 11) is 0. The molecule has 1 unspecified atom stereocenters. The summed E-state index contributed by atoms with van der Waals surface area (Å²) in [5.74, 6) is -0.411. The van der Waals surface area contributed by atoms with Crippen molar-refractivity contribution in [3.8, 4) is 0 Å². The minimum atomic E-state index is -0.998. The Labute approximate surface area is 111 Å². The van der Waals surface area contributed by atoms with Crippen molar-refractivity contribution in [3.05, 3.63) is 69.5 Å². The van der Waals surface area contributed by atoms with Crippen LogP contribution in [0.1, 0.15) is 28.4 Å². The maximum Gasteiger partial charge on any atom is 0.129 e. The molecule has 0 saturated carbocycles. The fourth-order valence-corrected chi connectivity index (χ4v) is 2.27. The summed E-state index contributed by atoms with van der Waals surface area (Å²) < 4.78 is 13.7. The molecule has 0 aliphatic heterocycles. The number of benzene rings is 2. The quantitative estimate of drug-likeness (QED) is 0.863. The molecule has 0 radical (unpaired) electrons. The van der Waals surface area contributed by atoms with Crippen LogP contribution in [0.2, 0.25) is 5.02 Å². The molecule has 0 aliphatic carbocycles. The summed E-state index contributed by atoms with van der Waals surface area (Å²) in [5.41, 5.74) is 2.72. The summed E-state index contributed by atoms with van der Waals surface area (Å²) in [6, 6.07) is 9.94. The van der Waals surface area contributed by atoms with E-state index in [1.807, 2.05) is 13.8 Å². The van der Waals surface area contributed by atoms with Gasteiger partial charge in [-0.15, -0.1) is 0 Å². The van der Waals surface area contributed by atoms with Crippen molar-refractivity contribution in [2.75, 3.05) is 0 Å². The second-order valence-corrected chi connectivity index (χ2v) is 4.93. The number of rotatable bonds is 2. The molecule has 0 spiro atoms. The largest absolute Gasteiger partial charge is 0.384 e. The number of aryl methyl sites for hydroxylation is 2. The Kier molecular flexibility index (Phi) is 3.69. The molecule has 0 aliphatic rings. The highest BCUT2D eigenvalue weighted by Crippen LogP contribution is 2.27. The van der Waals surface area contributed by atoms with E-state index in [2.05, 4.69) is 0 Å². The van der Waals surface area contributed by atoms with Gasteiger partial charge in [0.25, 0.3) is 0 Å². The molecular formula is C15H14ClFO. The number of hydrogen-bond donors (Lipinski definition) is 1. The van der Waals surface area contributed by atoms with Crippen LogP contribution in [0.25, 0.3) is 0 Å². The average Bonchev–Trinajstić information content (AvgIpc) is 2.30. The van der Waals surface area contributed by atoms with Gasteiger partial charge in [0.15, 0.2) is 0 Å². The Morgan fingerprint density at radius 1 is 1.06 bits per heavy atom. The zero-order valence-corrected chi connectivity index (χ0v) is 11.0. The van der Waals surface area contributed by atoms with Crippen molar-refractivity contribution in [3.63, 3.8) is 0 Å². The average molecular weight is 265 g/mol.